The second kappa shape index (κ2) is 8.74. The van der Waals surface area contributed by atoms with Crippen molar-refractivity contribution in [3.05, 3.63) is 64.8 Å². The van der Waals surface area contributed by atoms with Gasteiger partial charge in [0.25, 0.3) is 5.91 Å². The highest BCUT2D eigenvalue weighted by atomic mass is 16.5. The lowest BCUT2D eigenvalue weighted by atomic mass is 9.87. The zero-order valence-electron chi connectivity index (χ0n) is 18.3. The number of carbonyl (C=O) groups is 2. The SMILES string of the molecule is CCOc1cc(C2CC(=O)Nc3c2cnn3-c2ccc(C)cc2C)ccc1OCC(N)=O. The van der Waals surface area contributed by atoms with Gasteiger partial charge in [0, 0.05) is 17.9 Å². The number of benzene rings is 2. The number of aromatic nitrogens is 2. The van der Waals surface area contributed by atoms with Crippen molar-refractivity contribution in [1.82, 2.24) is 9.78 Å². The number of anilines is 1. The molecule has 0 saturated carbocycles. The maximum atomic E-state index is 12.6. The molecular weight excluding hydrogens is 408 g/mol. The van der Waals surface area contributed by atoms with E-state index in [0.717, 1.165) is 27.9 Å². The molecule has 8 heteroatoms. The second-order valence-electron chi connectivity index (χ2n) is 7.85. The molecule has 0 radical (unpaired) electrons. The van der Waals surface area contributed by atoms with E-state index in [9.17, 15) is 9.59 Å². The molecule has 0 bridgehead atoms. The predicted octanol–water partition coefficient (Wildman–Crippen LogP) is 3.23. The van der Waals surface area contributed by atoms with Crippen LogP contribution in [-0.2, 0) is 9.59 Å². The van der Waals surface area contributed by atoms with E-state index in [1.165, 1.54) is 0 Å². The van der Waals surface area contributed by atoms with E-state index in [2.05, 4.69) is 16.5 Å². The summed E-state index contributed by atoms with van der Waals surface area (Å²) in [4.78, 5) is 23.7. The lowest BCUT2D eigenvalue weighted by Crippen LogP contribution is -2.25. The van der Waals surface area contributed by atoms with Gasteiger partial charge >= 0.3 is 0 Å². The largest absolute Gasteiger partial charge is 0.490 e. The van der Waals surface area contributed by atoms with Gasteiger partial charge in [0.15, 0.2) is 18.1 Å². The number of primary amides is 1. The van der Waals surface area contributed by atoms with E-state index >= 15 is 0 Å². The van der Waals surface area contributed by atoms with Crippen LogP contribution in [0.4, 0.5) is 5.82 Å². The Bertz CT molecular complexity index is 1180. The number of nitrogens with zero attached hydrogens (tertiary/aromatic N) is 2. The molecule has 1 unspecified atom stereocenters. The first kappa shape index (κ1) is 21.4. The Morgan fingerprint density at radius 1 is 1.19 bits per heavy atom. The minimum Gasteiger partial charge on any atom is -0.490 e. The standard InChI is InChI=1S/C24H26N4O4/c1-4-31-21-10-16(6-8-20(21)32-13-22(25)29)17-11-23(30)27-24-18(17)12-26-28(24)19-7-5-14(2)9-15(19)3/h5-10,12,17H,4,11,13H2,1-3H3,(H2,25,29)(H,27,30). The van der Waals surface area contributed by atoms with Crippen molar-refractivity contribution < 1.29 is 19.1 Å². The number of ether oxygens (including phenoxy) is 2. The Balaban J connectivity index is 1.73. The molecule has 1 atom stereocenters. The fourth-order valence-corrected chi connectivity index (χ4v) is 4.02. The number of aryl methyl sites for hydroxylation is 2. The molecule has 3 N–H and O–H groups in total. The highest BCUT2D eigenvalue weighted by Gasteiger charge is 2.31. The van der Waals surface area contributed by atoms with Crippen LogP contribution >= 0.6 is 0 Å². The minimum absolute atomic E-state index is 0.0824. The van der Waals surface area contributed by atoms with Gasteiger partial charge in [-0.1, -0.05) is 23.8 Å². The van der Waals surface area contributed by atoms with Crippen LogP contribution < -0.4 is 20.5 Å². The van der Waals surface area contributed by atoms with Gasteiger partial charge in [-0.05, 0) is 50.1 Å². The summed E-state index contributed by atoms with van der Waals surface area (Å²) in [6.45, 7) is 6.12. The molecule has 0 spiro atoms. The van der Waals surface area contributed by atoms with Crippen LogP contribution in [0.3, 0.4) is 0 Å². The molecule has 4 rings (SSSR count). The van der Waals surface area contributed by atoms with Gasteiger partial charge in [0.05, 0.1) is 18.5 Å². The summed E-state index contributed by atoms with van der Waals surface area (Å²) >= 11 is 0. The smallest absolute Gasteiger partial charge is 0.255 e. The molecule has 1 aliphatic rings. The fraction of sp³-hybridized carbons (Fsp3) is 0.292. The van der Waals surface area contributed by atoms with E-state index < -0.39 is 5.91 Å². The number of amides is 2. The van der Waals surface area contributed by atoms with Gasteiger partial charge in [0.2, 0.25) is 5.91 Å². The summed E-state index contributed by atoms with van der Waals surface area (Å²) in [6, 6.07) is 11.6. The molecule has 0 aliphatic carbocycles. The Hall–Kier alpha value is -3.81. The Labute approximate surface area is 186 Å². The molecule has 1 aliphatic heterocycles. The molecule has 166 valence electrons. The number of fused-ring (bicyclic) bond motifs is 1. The zero-order chi connectivity index (χ0) is 22.8. The number of hydrogen-bond donors (Lipinski definition) is 2. The molecule has 1 aromatic heterocycles. The van der Waals surface area contributed by atoms with Gasteiger partial charge < -0.3 is 20.5 Å². The molecule has 0 fully saturated rings. The van der Waals surface area contributed by atoms with Gasteiger partial charge in [0.1, 0.15) is 5.82 Å². The summed E-state index contributed by atoms with van der Waals surface area (Å²) in [6.07, 6.45) is 2.09. The maximum absolute atomic E-state index is 12.6. The Morgan fingerprint density at radius 2 is 2.00 bits per heavy atom. The quantitative estimate of drug-likeness (QED) is 0.594. The van der Waals surface area contributed by atoms with Crippen LogP contribution in [0, 0.1) is 13.8 Å². The third-order valence-corrected chi connectivity index (χ3v) is 5.44. The monoisotopic (exact) mass is 434 g/mol. The first-order chi connectivity index (χ1) is 15.4. The molecular formula is C24H26N4O4. The van der Waals surface area contributed by atoms with Crippen LogP contribution in [0.5, 0.6) is 11.5 Å². The van der Waals surface area contributed by atoms with Crippen molar-refractivity contribution in [3.8, 4) is 17.2 Å². The summed E-state index contributed by atoms with van der Waals surface area (Å²) in [5.41, 5.74) is 10.2. The first-order valence-corrected chi connectivity index (χ1v) is 10.5. The number of nitrogens with one attached hydrogen (secondary N) is 1. The van der Waals surface area contributed by atoms with Gasteiger partial charge in [-0.15, -0.1) is 0 Å². The van der Waals surface area contributed by atoms with Gasteiger partial charge in [-0.2, -0.15) is 5.10 Å². The van der Waals surface area contributed by atoms with E-state index in [4.69, 9.17) is 15.2 Å². The molecule has 2 amide bonds. The Morgan fingerprint density at radius 3 is 2.72 bits per heavy atom. The summed E-state index contributed by atoms with van der Waals surface area (Å²) < 4.78 is 13.0. The van der Waals surface area contributed by atoms with Crippen molar-refractivity contribution in [2.75, 3.05) is 18.5 Å². The van der Waals surface area contributed by atoms with Crippen molar-refractivity contribution in [2.24, 2.45) is 5.73 Å². The number of hydrogen-bond acceptors (Lipinski definition) is 5. The lowest BCUT2D eigenvalue weighted by Gasteiger charge is -2.25. The van der Waals surface area contributed by atoms with Crippen molar-refractivity contribution in [3.63, 3.8) is 0 Å². The van der Waals surface area contributed by atoms with Crippen molar-refractivity contribution in [1.29, 1.82) is 0 Å². The first-order valence-electron chi connectivity index (χ1n) is 10.5. The molecule has 0 saturated heterocycles. The highest BCUT2D eigenvalue weighted by Crippen LogP contribution is 2.41. The second-order valence-corrected chi connectivity index (χ2v) is 7.85. The van der Waals surface area contributed by atoms with Crippen molar-refractivity contribution >= 4 is 17.6 Å². The predicted molar refractivity (Wildman–Crippen MR) is 120 cm³/mol. The molecule has 8 nitrogen and oxygen atoms in total. The van der Waals surface area contributed by atoms with E-state index in [1.807, 2.05) is 45.0 Å². The Kier molecular flexibility index (Phi) is 5.85. The summed E-state index contributed by atoms with van der Waals surface area (Å²) in [5.74, 6) is 0.763. The summed E-state index contributed by atoms with van der Waals surface area (Å²) in [7, 11) is 0. The van der Waals surface area contributed by atoms with Gasteiger partial charge in [-0.3, -0.25) is 9.59 Å². The topological polar surface area (TPSA) is 108 Å². The van der Waals surface area contributed by atoms with Crippen LogP contribution in [0.15, 0.2) is 42.6 Å². The van der Waals surface area contributed by atoms with Crippen molar-refractivity contribution in [2.45, 2.75) is 33.1 Å². The normalized spacial score (nSPS) is 15.1. The maximum Gasteiger partial charge on any atom is 0.255 e. The third kappa shape index (κ3) is 4.16. The number of rotatable bonds is 7. The van der Waals surface area contributed by atoms with E-state index in [-0.39, 0.29) is 18.4 Å². The van der Waals surface area contributed by atoms with Crippen LogP contribution in [0.25, 0.3) is 5.69 Å². The minimum atomic E-state index is -0.566. The molecule has 2 aromatic carbocycles. The zero-order valence-corrected chi connectivity index (χ0v) is 18.3. The van der Waals surface area contributed by atoms with E-state index in [0.29, 0.717) is 30.3 Å². The average molecular weight is 434 g/mol. The number of carbonyl (C=O) groups excluding carboxylic acids is 2. The van der Waals surface area contributed by atoms with Gasteiger partial charge in [-0.25, -0.2) is 4.68 Å². The van der Waals surface area contributed by atoms with Crippen LogP contribution in [-0.4, -0.2) is 34.8 Å². The molecule has 3 aromatic rings. The number of nitrogens with two attached hydrogens (primary N) is 1. The third-order valence-electron chi connectivity index (χ3n) is 5.44. The fourth-order valence-electron chi connectivity index (χ4n) is 4.02. The average Bonchev–Trinajstić information content (AvgIpc) is 3.16. The molecule has 2 heterocycles. The van der Waals surface area contributed by atoms with E-state index in [1.54, 1.807) is 16.9 Å². The highest BCUT2D eigenvalue weighted by molar-refractivity contribution is 5.94. The van der Waals surface area contributed by atoms with Crippen LogP contribution in [0.1, 0.15) is 41.5 Å². The lowest BCUT2D eigenvalue weighted by molar-refractivity contribution is -0.120. The van der Waals surface area contributed by atoms with Crippen LogP contribution in [0.2, 0.25) is 0 Å². The summed E-state index contributed by atoms with van der Waals surface area (Å²) in [5, 5.41) is 7.58. The molecule has 32 heavy (non-hydrogen) atoms.